The second-order valence-corrected chi connectivity index (χ2v) is 6.38. The Morgan fingerprint density at radius 2 is 1.76 bits per heavy atom. The van der Waals surface area contributed by atoms with E-state index in [1.807, 2.05) is 4.90 Å². The normalized spacial score (nSPS) is 25.8. The summed E-state index contributed by atoms with van der Waals surface area (Å²) in [6.07, 6.45) is 2.29. The lowest BCUT2D eigenvalue weighted by Crippen LogP contribution is -2.53. The third kappa shape index (κ3) is 4.41. The molecule has 2 amide bonds. The van der Waals surface area contributed by atoms with Crippen molar-refractivity contribution in [1.29, 1.82) is 0 Å². The van der Waals surface area contributed by atoms with Gasteiger partial charge in [0, 0.05) is 45.7 Å². The number of hydrogen-bond donors (Lipinski definition) is 1. The van der Waals surface area contributed by atoms with Crippen molar-refractivity contribution in [2.24, 2.45) is 11.7 Å². The molecule has 120 valence electrons. The maximum Gasteiger partial charge on any atom is 0.236 e. The number of carbonyl (C=O) groups excluding carboxylic acids is 2. The number of nitrogens with two attached hydrogens (primary N) is 1. The topological polar surface area (TPSA) is 69.9 Å². The fourth-order valence-corrected chi connectivity index (χ4v) is 3.23. The van der Waals surface area contributed by atoms with Crippen molar-refractivity contribution >= 4 is 11.8 Å². The number of piperidine rings is 1. The van der Waals surface area contributed by atoms with Crippen LogP contribution >= 0.6 is 0 Å². The predicted molar refractivity (Wildman–Crippen MR) is 81.6 cm³/mol. The van der Waals surface area contributed by atoms with Crippen molar-refractivity contribution in [3.8, 4) is 0 Å². The van der Waals surface area contributed by atoms with E-state index in [4.69, 9.17) is 5.73 Å². The van der Waals surface area contributed by atoms with Crippen LogP contribution in [-0.4, -0.2) is 78.4 Å². The number of rotatable bonds is 3. The molecule has 2 fully saturated rings. The first kappa shape index (κ1) is 16.2. The number of likely N-dealkylation sites (tertiary alicyclic amines) is 1. The number of amides is 2. The predicted octanol–water partition coefficient (Wildman–Crippen LogP) is -0.264. The van der Waals surface area contributed by atoms with Crippen LogP contribution in [0.1, 0.15) is 26.7 Å². The molecular formula is C15H28N4O2. The molecule has 6 nitrogen and oxygen atoms in total. The van der Waals surface area contributed by atoms with E-state index < -0.39 is 0 Å². The monoisotopic (exact) mass is 296 g/mol. The van der Waals surface area contributed by atoms with Crippen LogP contribution < -0.4 is 5.73 Å². The summed E-state index contributed by atoms with van der Waals surface area (Å²) < 4.78 is 0. The minimum absolute atomic E-state index is 0.0953. The van der Waals surface area contributed by atoms with Crippen molar-refractivity contribution in [3.05, 3.63) is 0 Å². The Morgan fingerprint density at radius 3 is 2.33 bits per heavy atom. The third-order valence-electron chi connectivity index (χ3n) is 4.72. The van der Waals surface area contributed by atoms with Gasteiger partial charge in [-0.15, -0.1) is 0 Å². The van der Waals surface area contributed by atoms with Gasteiger partial charge in [-0.2, -0.15) is 0 Å². The van der Waals surface area contributed by atoms with Crippen molar-refractivity contribution in [3.63, 3.8) is 0 Å². The van der Waals surface area contributed by atoms with E-state index in [2.05, 4.69) is 11.8 Å². The third-order valence-corrected chi connectivity index (χ3v) is 4.72. The van der Waals surface area contributed by atoms with Gasteiger partial charge in [-0.25, -0.2) is 0 Å². The molecule has 2 heterocycles. The number of carbonyl (C=O) groups is 2. The molecule has 2 atom stereocenters. The van der Waals surface area contributed by atoms with Gasteiger partial charge in [-0.1, -0.05) is 0 Å². The Kier molecular flexibility index (Phi) is 5.58. The molecule has 0 bridgehead atoms. The smallest absolute Gasteiger partial charge is 0.236 e. The molecule has 6 heteroatoms. The van der Waals surface area contributed by atoms with Crippen LogP contribution in [0.3, 0.4) is 0 Å². The average molecular weight is 296 g/mol. The second kappa shape index (κ2) is 7.22. The highest BCUT2D eigenvalue weighted by molar-refractivity contribution is 5.79. The lowest BCUT2D eigenvalue weighted by Gasteiger charge is -2.37. The molecule has 0 aromatic heterocycles. The molecular weight excluding hydrogens is 268 g/mol. The van der Waals surface area contributed by atoms with Gasteiger partial charge in [0.05, 0.1) is 6.54 Å². The Balaban J connectivity index is 1.78. The van der Waals surface area contributed by atoms with Gasteiger partial charge in [0.25, 0.3) is 0 Å². The van der Waals surface area contributed by atoms with Crippen LogP contribution in [0.25, 0.3) is 0 Å². The first-order valence-corrected chi connectivity index (χ1v) is 7.98. The Hall–Kier alpha value is -1.14. The highest BCUT2D eigenvalue weighted by Crippen LogP contribution is 2.18. The summed E-state index contributed by atoms with van der Waals surface area (Å²) in [6, 6.07) is 0.196. The van der Waals surface area contributed by atoms with Gasteiger partial charge < -0.3 is 15.5 Å². The Morgan fingerprint density at radius 1 is 1.14 bits per heavy atom. The van der Waals surface area contributed by atoms with E-state index in [0.717, 1.165) is 19.5 Å². The average Bonchev–Trinajstić information content (AvgIpc) is 2.47. The summed E-state index contributed by atoms with van der Waals surface area (Å²) in [5, 5.41) is 0. The molecule has 2 aliphatic rings. The van der Waals surface area contributed by atoms with E-state index in [0.29, 0.717) is 38.6 Å². The molecule has 0 aromatic rings. The molecule has 21 heavy (non-hydrogen) atoms. The molecule has 2 unspecified atom stereocenters. The van der Waals surface area contributed by atoms with Gasteiger partial charge in [-0.05, 0) is 32.2 Å². The van der Waals surface area contributed by atoms with Gasteiger partial charge in [0.15, 0.2) is 0 Å². The lowest BCUT2D eigenvalue weighted by atomic mass is 9.92. The molecule has 2 saturated heterocycles. The zero-order chi connectivity index (χ0) is 15.4. The van der Waals surface area contributed by atoms with Crippen molar-refractivity contribution in [2.45, 2.75) is 32.7 Å². The van der Waals surface area contributed by atoms with Crippen LogP contribution in [0.15, 0.2) is 0 Å². The van der Waals surface area contributed by atoms with E-state index in [1.54, 1.807) is 11.8 Å². The summed E-state index contributed by atoms with van der Waals surface area (Å²) in [5.74, 6) is 0.780. The highest BCUT2D eigenvalue weighted by atomic mass is 16.2. The van der Waals surface area contributed by atoms with Crippen LogP contribution in [0.5, 0.6) is 0 Å². The largest absolute Gasteiger partial charge is 0.339 e. The maximum atomic E-state index is 12.4. The van der Waals surface area contributed by atoms with Gasteiger partial charge in [-0.3, -0.25) is 14.5 Å². The number of hydrogen-bond acceptors (Lipinski definition) is 4. The molecule has 2 N–H and O–H groups in total. The second-order valence-electron chi connectivity index (χ2n) is 6.38. The fourth-order valence-electron chi connectivity index (χ4n) is 3.23. The van der Waals surface area contributed by atoms with Crippen LogP contribution in [0.2, 0.25) is 0 Å². The molecule has 2 aliphatic heterocycles. The minimum Gasteiger partial charge on any atom is -0.339 e. The summed E-state index contributed by atoms with van der Waals surface area (Å²) in [5.41, 5.74) is 5.99. The molecule has 0 saturated carbocycles. The van der Waals surface area contributed by atoms with E-state index >= 15 is 0 Å². The van der Waals surface area contributed by atoms with E-state index in [-0.39, 0.29) is 17.9 Å². The SMILES string of the molecule is CC(=O)N1CCN(C(=O)CN2CCCC(C(C)N)C2)CC1. The summed E-state index contributed by atoms with van der Waals surface area (Å²) in [6.45, 7) is 8.66. The van der Waals surface area contributed by atoms with Crippen LogP contribution in [0, 0.1) is 5.92 Å². The molecule has 2 rings (SSSR count). The first-order valence-electron chi connectivity index (χ1n) is 7.98. The fraction of sp³-hybridized carbons (Fsp3) is 0.867. The number of piperazine rings is 1. The van der Waals surface area contributed by atoms with Crippen LogP contribution in [0.4, 0.5) is 0 Å². The molecule has 0 aromatic carbocycles. The molecule has 0 radical (unpaired) electrons. The van der Waals surface area contributed by atoms with Gasteiger partial charge in [0.1, 0.15) is 0 Å². The van der Waals surface area contributed by atoms with Crippen molar-refractivity contribution in [2.75, 3.05) is 45.8 Å². The lowest BCUT2D eigenvalue weighted by molar-refractivity contribution is -0.139. The summed E-state index contributed by atoms with van der Waals surface area (Å²) in [7, 11) is 0. The Labute approximate surface area is 127 Å². The van der Waals surface area contributed by atoms with Crippen molar-refractivity contribution < 1.29 is 9.59 Å². The molecule has 0 aliphatic carbocycles. The minimum atomic E-state index is 0.0953. The molecule has 0 spiro atoms. The standard InChI is InChI=1S/C15H28N4O2/c1-12(16)14-4-3-5-17(10-14)11-15(21)19-8-6-18(7-9-19)13(2)20/h12,14H,3-11,16H2,1-2H3. The van der Waals surface area contributed by atoms with Gasteiger partial charge >= 0.3 is 0 Å². The van der Waals surface area contributed by atoms with Crippen molar-refractivity contribution in [1.82, 2.24) is 14.7 Å². The zero-order valence-corrected chi connectivity index (χ0v) is 13.3. The van der Waals surface area contributed by atoms with Crippen LogP contribution in [-0.2, 0) is 9.59 Å². The quantitative estimate of drug-likeness (QED) is 0.779. The highest BCUT2D eigenvalue weighted by Gasteiger charge is 2.27. The van der Waals surface area contributed by atoms with Gasteiger partial charge in [0.2, 0.25) is 11.8 Å². The van der Waals surface area contributed by atoms with E-state index in [1.165, 1.54) is 6.42 Å². The summed E-state index contributed by atoms with van der Waals surface area (Å²) >= 11 is 0. The number of nitrogens with zero attached hydrogens (tertiary/aromatic N) is 3. The summed E-state index contributed by atoms with van der Waals surface area (Å²) in [4.78, 5) is 29.6. The maximum absolute atomic E-state index is 12.4. The van der Waals surface area contributed by atoms with E-state index in [9.17, 15) is 9.59 Å². The first-order chi connectivity index (χ1) is 9.97. The zero-order valence-electron chi connectivity index (χ0n) is 13.3. The Bertz CT molecular complexity index is 378.